The molecular weight excluding hydrogens is 266 g/mol. The molecule has 1 atom stereocenters. The molecule has 1 aliphatic heterocycles. The topological polar surface area (TPSA) is 55.4 Å². The lowest BCUT2D eigenvalue weighted by molar-refractivity contribution is -0.146. The lowest BCUT2D eigenvalue weighted by atomic mass is 10.1. The maximum atomic E-state index is 11.6. The number of carbonyl (C=O) groups is 2. The maximum absolute atomic E-state index is 11.6. The van der Waals surface area contributed by atoms with E-state index in [1.54, 1.807) is 0 Å². The number of amides is 1. The molecule has 0 spiro atoms. The van der Waals surface area contributed by atoms with E-state index in [9.17, 15) is 9.59 Å². The first-order valence-electron chi connectivity index (χ1n) is 8.35. The fourth-order valence-corrected chi connectivity index (χ4v) is 2.42. The van der Waals surface area contributed by atoms with Gasteiger partial charge in [-0.3, -0.25) is 4.79 Å². The summed E-state index contributed by atoms with van der Waals surface area (Å²) >= 11 is 0. The molecule has 1 saturated heterocycles. The summed E-state index contributed by atoms with van der Waals surface area (Å²) in [6.07, 6.45) is 14.9. The summed E-state index contributed by atoms with van der Waals surface area (Å²) in [6, 6.07) is -0.409. The van der Waals surface area contributed by atoms with Crippen molar-refractivity contribution < 1.29 is 14.3 Å². The first kappa shape index (κ1) is 17.7. The summed E-state index contributed by atoms with van der Waals surface area (Å²) in [5.41, 5.74) is 0. The lowest BCUT2D eigenvalue weighted by Gasteiger charge is -2.09. The largest absolute Gasteiger partial charge is 0.464 e. The minimum Gasteiger partial charge on any atom is -0.464 e. The second kappa shape index (κ2) is 11.4. The first-order valence-corrected chi connectivity index (χ1v) is 8.35. The van der Waals surface area contributed by atoms with Crippen molar-refractivity contribution in [3.63, 3.8) is 0 Å². The van der Waals surface area contributed by atoms with Crippen molar-refractivity contribution in [3.8, 4) is 0 Å². The average Bonchev–Trinajstić information content (AvgIpc) is 2.91. The quantitative estimate of drug-likeness (QED) is 0.360. The molecule has 0 saturated carbocycles. The number of hydrogen-bond donors (Lipinski definition) is 1. The molecule has 1 N–H and O–H groups in total. The Labute approximate surface area is 128 Å². The Kier molecular flexibility index (Phi) is 9.58. The van der Waals surface area contributed by atoms with E-state index in [4.69, 9.17) is 4.74 Å². The summed E-state index contributed by atoms with van der Waals surface area (Å²) in [5.74, 6) is -0.325. The van der Waals surface area contributed by atoms with Crippen molar-refractivity contribution in [3.05, 3.63) is 12.2 Å². The number of esters is 1. The van der Waals surface area contributed by atoms with Crippen molar-refractivity contribution >= 4 is 11.9 Å². The van der Waals surface area contributed by atoms with Gasteiger partial charge in [0.25, 0.3) is 0 Å². The van der Waals surface area contributed by atoms with Gasteiger partial charge >= 0.3 is 5.97 Å². The van der Waals surface area contributed by atoms with Gasteiger partial charge in [0.1, 0.15) is 6.04 Å². The number of nitrogens with one attached hydrogen (secondary N) is 1. The molecule has 0 bridgehead atoms. The summed E-state index contributed by atoms with van der Waals surface area (Å²) in [4.78, 5) is 22.6. The van der Waals surface area contributed by atoms with E-state index in [1.807, 2.05) is 0 Å². The number of allylic oxidation sites excluding steroid dienone is 2. The molecule has 1 aliphatic rings. The number of unbranched alkanes of at least 4 members (excludes halogenated alkanes) is 6. The van der Waals surface area contributed by atoms with Gasteiger partial charge in [0.15, 0.2) is 0 Å². The first-order chi connectivity index (χ1) is 10.2. The molecule has 1 heterocycles. The van der Waals surface area contributed by atoms with Crippen molar-refractivity contribution in [1.82, 2.24) is 5.32 Å². The number of hydrogen-bond acceptors (Lipinski definition) is 3. The van der Waals surface area contributed by atoms with Crippen LogP contribution in [0.2, 0.25) is 0 Å². The number of rotatable bonds is 11. The van der Waals surface area contributed by atoms with Gasteiger partial charge in [-0.15, -0.1) is 0 Å². The smallest absolute Gasteiger partial charge is 0.328 e. The molecular formula is C17H29NO3. The van der Waals surface area contributed by atoms with E-state index in [0.29, 0.717) is 19.4 Å². The van der Waals surface area contributed by atoms with Gasteiger partial charge in [0, 0.05) is 6.42 Å². The van der Waals surface area contributed by atoms with E-state index in [0.717, 1.165) is 19.3 Å². The SMILES string of the molecule is CC/C=C/CCCCCCCCOC(=O)[C@@H]1CCC(=O)N1. The van der Waals surface area contributed by atoms with E-state index in [1.165, 1.54) is 32.1 Å². The average molecular weight is 295 g/mol. The Hall–Kier alpha value is -1.32. The van der Waals surface area contributed by atoms with Crippen LogP contribution in [-0.2, 0) is 14.3 Å². The molecule has 0 aromatic heterocycles. The van der Waals surface area contributed by atoms with Crippen LogP contribution in [0.25, 0.3) is 0 Å². The van der Waals surface area contributed by atoms with E-state index >= 15 is 0 Å². The standard InChI is InChI=1S/C17H29NO3/c1-2-3-4-5-6-7-8-9-10-11-14-21-17(20)15-12-13-16(19)18-15/h3-4,15H,2,5-14H2,1H3,(H,18,19)/b4-3+/t15-/m0/s1. The van der Waals surface area contributed by atoms with Crippen molar-refractivity contribution in [2.45, 2.75) is 77.2 Å². The molecule has 0 aliphatic carbocycles. The minimum atomic E-state index is -0.409. The monoisotopic (exact) mass is 295 g/mol. The Morgan fingerprint density at radius 2 is 1.90 bits per heavy atom. The van der Waals surface area contributed by atoms with Crippen LogP contribution in [0, 0.1) is 0 Å². The van der Waals surface area contributed by atoms with Crippen molar-refractivity contribution in [1.29, 1.82) is 0 Å². The van der Waals surface area contributed by atoms with Gasteiger partial charge in [-0.05, 0) is 32.1 Å². The Balaban J connectivity index is 1.85. The zero-order chi connectivity index (χ0) is 15.3. The summed E-state index contributed by atoms with van der Waals surface area (Å²) in [5, 5.41) is 2.62. The molecule has 0 aromatic carbocycles. The Morgan fingerprint density at radius 3 is 2.57 bits per heavy atom. The fraction of sp³-hybridized carbons (Fsp3) is 0.765. The van der Waals surface area contributed by atoms with Crippen molar-refractivity contribution in [2.24, 2.45) is 0 Å². The van der Waals surface area contributed by atoms with Crippen LogP contribution in [0.5, 0.6) is 0 Å². The van der Waals surface area contributed by atoms with E-state index < -0.39 is 6.04 Å². The molecule has 0 radical (unpaired) electrons. The van der Waals surface area contributed by atoms with Gasteiger partial charge in [0.2, 0.25) is 5.91 Å². The lowest BCUT2D eigenvalue weighted by Crippen LogP contribution is -2.34. The third kappa shape index (κ3) is 8.53. The third-order valence-electron chi connectivity index (χ3n) is 3.69. The fourth-order valence-electron chi connectivity index (χ4n) is 2.42. The summed E-state index contributed by atoms with van der Waals surface area (Å²) in [6.45, 7) is 2.63. The highest BCUT2D eigenvalue weighted by Crippen LogP contribution is 2.10. The van der Waals surface area contributed by atoms with Gasteiger partial charge < -0.3 is 10.1 Å². The van der Waals surface area contributed by atoms with Gasteiger partial charge in [0.05, 0.1) is 6.61 Å². The molecule has 0 unspecified atom stereocenters. The highest BCUT2D eigenvalue weighted by atomic mass is 16.5. The predicted octanol–water partition coefficient (Wildman–Crippen LogP) is 3.51. The number of carbonyl (C=O) groups excluding carboxylic acids is 2. The molecule has 4 nitrogen and oxygen atoms in total. The highest BCUT2D eigenvalue weighted by Gasteiger charge is 2.28. The molecule has 1 amide bonds. The van der Waals surface area contributed by atoms with E-state index in [-0.39, 0.29) is 11.9 Å². The van der Waals surface area contributed by atoms with Crippen LogP contribution >= 0.6 is 0 Å². The van der Waals surface area contributed by atoms with Crippen LogP contribution in [0.3, 0.4) is 0 Å². The third-order valence-corrected chi connectivity index (χ3v) is 3.69. The van der Waals surface area contributed by atoms with Gasteiger partial charge in [-0.1, -0.05) is 44.8 Å². The van der Waals surface area contributed by atoms with Crippen LogP contribution in [0.1, 0.15) is 71.1 Å². The zero-order valence-electron chi connectivity index (χ0n) is 13.2. The maximum Gasteiger partial charge on any atom is 0.328 e. The second-order valence-corrected chi connectivity index (χ2v) is 5.62. The van der Waals surface area contributed by atoms with Crippen LogP contribution in [-0.4, -0.2) is 24.5 Å². The van der Waals surface area contributed by atoms with Crippen LogP contribution in [0.15, 0.2) is 12.2 Å². The molecule has 21 heavy (non-hydrogen) atoms. The van der Waals surface area contributed by atoms with Crippen molar-refractivity contribution in [2.75, 3.05) is 6.61 Å². The second-order valence-electron chi connectivity index (χ2n) is 5.62. The minimum absolute atomic E-state index is 0.0502. The predicted molar refractivity (Wildman–Crippen MR) is 83.9 cm³/mol. The molecule has 1 rings (SSSR count). The normalized spacial score (nSPS) is 18.1. The van der Waals surface area contributed by atoms with Crippen LogP contribution < -0.4 is 5.32 Å². The Morgan fingerprint density at radius 1 is 1.19 bits per heavy atom. The highest BCUT2D eigenvalue weighted by molar-refractivity contribution is 5.87. The van der Waals surface area contributed by atoms with Crippen LogP contribution in [0.4, 0.5) is 0 Å². The molecule has 1 fully saturated rings. The number of ether oxygens (including phenoxy) is 1. The summed E-state index contributed by atoms with van der Waals surface area (Å²) < 4.78 is 5.18. The zero-order valence-corrected chi connectivity index (χ0v) is 13.2. The Bertz CT molecular complexity index is 339. The van der Waals surface area contributed by atoms with E-state index in [2.05, 4.69) is 24.4 Å². The summed E-state index contributed by atoms with van der Waals surface area (Å²) in [7, 11) is 0. The van der Waals surface area contributed by atoms with Gasteiger partial charge in [-0.2, -0.15) is 0 Å². The molecule has 120 valence electrons. The molecule has 4 heteroatoms. The van der Waals surface area contributed by atoms with Gasteiger partial charge in [-0.25, -0.2) is 4.79 Å². The molecule has 0 aromatic rings.